The van der Waals surface area contributed by atoms with Gasteiger partial charge in [-0.3, -0.25) is 0 Å². The summed E-state index contributed by atoms with van der Waals surface area (Å²) in [5.41, 5.74) is 1.19. The summed E-state index contributed by atoms with van der Waals surface area (Å²) in [6.07, 6.45) is 0.765. The minimum atomic E-state index is 0. The summed E-state index contributed by atoms with van der Waals surface area (Å²) < 4.78 is 0. The zero-order chi connectivity index (χ0) is 8.53. The summed E-state index contributed by atoms with van der Waals surface area (Å²) in [5, 5.41) is 8.52. The molecule has 1 N–H and O–H groups in total. The summed E-state index contributed by atoms with van der Waals surface area (Å²) in [6.45, 7) is 5.24. The molecule has 0 radical (unpaired) electrons. The number of aliphatic hydroxyl groups excluding tert-OH is 1. The van der Waals surface area contributed by atoms with Gasteiger partial charge in [0, 0.05) is 26.1 Å². The number of aliphatic hydroxyl groups is 1. The fourth-order valence-corrected chi connectivity index (χ4v) is 0.774. The molecule has 0 aromatic heterocycles. The summed E-state index contributed by atoms with van der Waals surface area (Å²) in [6, 6.07) is 9.95. The van der Waals surface area contributed by atoms with Crippen LogP contribution in [0, 0.1) is 6.92 Å². The molecule has 0 heterocycles. The van der Waals surface area contributed by atoms with Gasteiger partial charge in [0.25, 0.3) is 0 Å². The van der Waals surface area contributed by atoms with Crippen LogP contribution >= 0.6 is 0 Å². The topological polar surface area (TPSA) is 20.2 Å². The van der Waals surface area contributed by atoms with Crippen molar-refractivity contribution in [1.29, 1.82) is 0 Å². The van der Waals surface area contributed by atoms with E-state index in [1.54, 1.807) is 6.92 Å². The van der Waals surface area contributed by atoms with Crippen LogP contribution < -0.4 is 0 Å². The molecule has 0 saturated heterocycles. The van der Waals surface area contributed by atoms with Gasteiger partial charge in [-0.15, -0.1) is 0 Å². The molecule has 0 atom stereocenters. The molecule has 0 aliphatic heterocycles. The van der Waals surface area contributed by atoms with Crippen molar-refractivity contribution in [1.82, 2.24) is 0 Å². The van der Waals surface area contributed by atoms with Crippen molar-refractivity contribution < 1.29 is 24.6 Å². The third kappa shape index (κ3) is 6.51. The van der Waals surface area contributed by atoms with Crippen LogP contribution in [0.1, 0.15) is 12.5 Å². The second kappa shape index (κ2) is 10.8. The number of hydrogen-bond donors (Lipinski definition) is 1. The Balaban J connectivity index is 0. The van der Waals surface area contributed by atoms with Crippen molar-refractivity contribution >= 4 is 0 Å². The Hall–Kier alpha value is -0.197. The smallest absolute Gasteiger partial charge is 0.0471 e. The first-order valence-electron chi connectivity index (χ1n) is 3.79. The molecular formula is C10H15OZn-. The molecule has 0 bridgehead atoms. The largest absolute Gasteiger partial charge is 0.396 e. The van der Waals surface area contributed by atoms with Gasteiger partial charge in [0.15, 0.2) is 0 Å². The molecule has 0 unspecified atom stereocenters. The Bertz CT molecular complexity index is 163. The molecule has 0 aliphatic rings. The number of rotatable bonds is 2. The van der Waals surface area contributed by atoms with Crippen LogP contribution in [0.3, 0.4) is 0 Å². The third-order valence-electron chi connectivity index (χ3n) is 1.24. The van der Waals surface area contributed by atoms with E-state index in [1.165, 1.54) is 5.56 Å². The van der Waals surface area contributed by atoms with Gasteiger partial charge < -0.3 is 12.0 Å². The summed E-state index contributed by atoms with van der Waals surface area (Å²) in [4.78, 5) is 0. The van der Waals surface area contributed by atoms with Crippen LogP contribution in [-0.4, -0.2) is 11.7 Å². The molecule has 12 heavy (non-hydrogen) atoms. The predicted molar refractivity (Wildman–Crippen MR) is 48.3 cm³/mol. The molecule has 64 valence electrons. The van der Waals surface area contributed by atoms with Crippen molar-refractivity contribution in [3.05, 3.63) is 42.8 Å². The Morgan fingerprint density at radius 1 is 1.17 bits per heavy atom. The van der Waals surface area contributed by atoms with Gasteiger partial charge in [0.05, 0.1) is 0 Å². The van der Waals surface area contributed by atoms with Gasteiger partial charge >= 0.3 is 0 Å². The molecule has 0 saturated carbocycles. The minimum absolute atomic E-state index is 0. The van der Waals surface area contributed by atoms with Crippen LogP contribution in [-0.2, 0) is 25.9 Å². The Morgan fingerprint density at radius 3 is 2.08 bits per heavy atom. The first-order chi connectivity index (χ1) is 5.43. The van der Waals surface area contributed by atoms with E-state index in [9.17, 15) is 0 Å². The SMILES string of the molecule is OCCc1ccccc1.[CH2-]C.[Zn]. The molecular weight excluding hydrogens is 201 g/mol. The Morgan fingerprint density at radius 2 is 1.67 bits per heavy atom. The fourth-order valence-electron chi connectivity index (χ4n) is 0.774. The third-order valence-corrected chi connectivity index (χ3v) is 1.24. The van der Waals surface area contributed by atoms with Crippen LogP contribution in [0.5, 0.6) is 0 Å². The van der Waals surface area contributed by atoms with E-state index in [4.69, 9.17) is 5.11 Å². The van der Waals surface area contributed by atoms with E-state index < -0.39 is 0 Å². The maximum atomic E-state index is 8.52. The standard InChI is InChI=1S/C8H10O.C2H5.Zn/c9-7-6-8-4-2-1-3-5-8;1-2;/h1-5,9H,6-7H2;1H2,2H3;/q;-1;. The van der Waals surface area contributed by atoms with Crippen molar-refractivity contribution in [2.75, 3.05) is 6.61 Å². The number of hydrogen-bond acceptors (Lipinski definition) is 1. The molecule has 0 spiro atoms. The van der Waals surface area contributed by atoms with E-state index in [2.05, 4.69) is 6.92 Å². The monoisotopic (exact) mass is 215 g/mol. The molecule has 0 aliphatic carbocycles. The van der Waals surface area contributed by atoms with Crippen LogP contribution in [0.2, 0.25) is 0 Å². The van der Waals surface area contributed by atoms with Crippen molar-refractivity contribution in [2.24, 2.45) is 0 Å². The van der Waals surface area contributed by atoms with Crippen molar-refractivity contribution in [3.63, 3.8) is 0 Å². The van der Waals surface area contributed by atoms with Gasteiger partial charge in [-0.1, -0.05) is 30.3 Å². The van der Waals surface area contributed by atoms with E-state index >= 15 is 0 Å². The van der Waals surface area contributed by atoms with Gasteiger partial charge in [-0.05, 0) is 12.0 Å². The van der Waals surface area contributed by atoms with Gasteiger partial charge in [-0.2, -0.15) is 6.92 Å². The van der Waals surface area contributed by atoms with E-state index in [1.807, 2.05) is 30.3 Å². The Kier molecular flexibility index (Phi) is 12.9. The molecule has 1 nitrogen and oxygen atoms in total. The number of benzene rings is 1. The average molecular weight is 217 g/mol. The maximum absolute atomic E-state index is 8.52. The quantitative estimate of drug-likeness (QED) is 0.593. The van der Waals surface area contributed by atoms with Crippen LogP contribution in [0.25, 0.3) is 0 Å². The first kappa shape index (κ1) is 14.3. The van der Waals surface area contributed by atoms with E-state index in [0.717, 1.165) is 6.42 Å². The van der Waals surface area contributed by atoms with Gasteiger partial charge in [0.2, 0.25) is 0 Å². The summed E-state index contributed by atoms with van der Waals surface area (Å²) in [7, 11) is 0. The van der Waals surface area contributed by atoms with E-state index in [-0.39, 0.29) is 26.1 Å². The van der Waals surface area contributed by atoms with Crippen LogP contribution in [0.15, 0.2) is 30.3 Å². The molecule has 0 amide bonds. The summed E-state index contributed by atoms with van der Waals surface area (Å²) >= 11 is 0. The zero-order valence-electron chi connectivity index (χ0n) is 7.66. The minimum Gasteiger partial charge on any atom is -0.396 e. The Labute approximate surface area is 87.6 Å². The van der Waals surface area contributed by atoms with Gasteiger partial charge in [-0.25, -0.2) is 0 Å². The molecule has 0 fully saturated rings. The summed E-state index contributed by atoms with van der Waals surface area (Å²) in [5.74, 6) is 0. The maximum Gasteiger partial charge on any atom is 0.0471 e. The second-order valence-electron chi connectivity index (χ2n) is 1.96. The van der Waals surface area contributed by atoms with E-state index in [0.29, 0.717) is 0 Å². The normalized spacial score (nSPS) is 7.58. The molecule has 2 heteroatoms. The second-order valence-corrected chi connectivity index (χ2v) is 1.96. The molecule has 1 aromatic rings. The fraction of sp³-hybridized carbons (Fsp3) is 0.300. The molecule has 1 rings (SSSR count). The molecule has 1 aromatic carbocycles. The average Bonchev–Trinajstić information content (AvgIpc) is 2.11. The van der Waals surface area contributed by atoms with Gasteiger partial charge in [0.1, 0.15) is 0 Å². The van der Waals surface area contributed by atoms with Crippen LogP contribution in [0.4, 0.5) is 0 Å². The van der Waals surface area contributed by atoms with Crippen molar-refractivity contribution in [2.45, 2.75) is 13.3 Å². The predicted octanol–water partition coefficient (Wildman–Crippen LogP) is 2.06. The van der Waals surface area contributed by atoms with Crippen molar-refractivity contribution in [3.8, 4) is 0 Å². The zero-order valence-corrected chi connectivity index (χ0v) is 10.6. The first-order valence-corrected chi connectivity index (χ1v) is 3.79.